The Morgan fingerprint density at radius 1 is 1.23 bits per heavy atom. The third kappa shape index (κ3) is 2.52. The van der Waals surface area contributed by atoms with Crippen molar-refractivity contribution in [1.82, 2.24) is 20.2 Å². The maximum absolute atomic E-state index is 12.5. The van der Waals surface area contributed by atoms with E-state index in [0.717, 1.165) is 17.9 Å². The molecule has 3 saturated heterocycles. The van der Waals surface area contributed by atoms with Gasteiger partial charge >= 0.3 is 0 Å². The molecule has 5 heterocycles. The lowest BCUT2D eigenvalue weighted by Crippen LogP contribution is -2.57. The van der Waals surface area contributed by atoms with Crippen molar-refractivity contribution in [2.75, 3.05) is 19.6 Å². The molecular formula is C17H20N4O. The van der Waals surface area contributed by atoms with Gasteiger partial charge in [0.25, 0.3) is 5.91 Å². The predicted octanol–water partition coefficient (Wildman–Crippen LogP) is 1.90. The molecule has 5 rings (SSSR count). The molecule has 3 aliphatic rings. The summed E-state index contributed by atoms with van der Waals surface area (Å²) in [6.07, 6.45) is 4.16. The molecule has 0 aromatic carbocycles. The molecule has 0 unspecified atom stereocenters. The number of nitrogens with zero attached hydrogens (tertiary/aromatic N) is 2. The number of fused-ring (bicyclic) bond motifs is 3. The maximum atomic E-state index is 12.5. The molecule has 3 aliphatic heterocycles. The van der Waals surface area contributed by atoms with Gasteiger partial charge in [0.2, 0.25) is 0 Å². The zero-order valence-corrected chi connectivity index (χ0v) is 12.5. The molecule has 3 fully saturated rings. The highest BCUT2D eigenvalue weighted by Crippen LogP contribution is 2.27. The van der Waals surface area contributed by atoms with Crippen LogP contribution < -0.4 is 5.32 Å². The normalized spacial score (nSPS) is 26.8. The Morgan fingerprint density at radius 3 is 2.77 bits per heavy atom. The highest BCUT2D eigenvalue weighted by molar-refractivity contribution is 5.93. The zero-order chi connectivity index (χ0) is 14.9. The fourth-order valence-electron chi connectivity index (χ4n) is 3.57. The molecule has 2 aromatic rings. The Morgan fingerprint density at radius 2 is 2.09 bits per heavy atom. The molecule has 5 heteroatoms. The minimum atomic E-state index is -0.0130. The summed E-state index contributed by atoms with van der Waals surface area (Å²) in [6, 6.07) is 9.79. The van der Waals surface area contributed by atoms with Gasteiger partial charge in [-0.25, -0.2) is 0 Å². The number of H-pyrrole nitrogens is 1. The van der Waals surface area contributed by atoms with Crippen LogP contribution >= 0.6 is 0 Å². The Kier molecular flexibility index (Phi) is 3.42. The van der Waals surface area contributed by atoms with Crippen LogP contribution in [0, 0.1) is 5.92 Å². The van der Waals surface area contributed by atoms with Gasteiger partial charge in [-0.2, -0.15) is 0 Å². The number of pyridine rings is 1. The van der Waals surface area contributed by atoms with Crippen LogP contribution in [0.1, 0.15) is 23.3 Å². The van der Waals surface area contributed by atoms with Gasteiger partial charge in [0.15, 0.2) is 0 Å². The van der Waals surface area contributed by atoms with E-state index < -0.39 is 0 Å². The van der Waals surface area contributed by atoms with Crippen LogP contribution in [0.25, 0.3) is 11.4 Å². The Balaban J connectivity index is 1.46. The molecule has 0 saturated carbocycles. The molecule has 2 aromatic heterocycles. The molecule has 0 aliphatic carbocycles. The molecule has 0 spiro atoms. The van der Waals surface area contributed by atoms with Crippen LogP contribution in [0.5, 0.6) is 0 Å². The quantitative estimate of drug-likeness (QED) is 0.909. The molecule has 1 amide bonds. The summed E-state index contributed by atoms with van der Waals surface area (Å²) < 4.78 is 0. The molecule has 114 valence electrons. The fraction of sp³-hybridized carbons (Fsp3) is 0.412. The second-order valence-electron chi connectivity index (χ2n) is 6.22. The van der Waals surface area contributed by atoms with Gasteiger partial charge in [-0.05, 0) is 56.1 Å². The number of nitrogens with one attached hydrogen (secondary N) is 2. The number of carbonyl (C=O) groups excluding carboxylic acids is 1. The first-order valence-corrected chi connectivity index (χ1v) is 7.93. The van der Waals surface area contributed by atoms with Crippen LogP contribution in [-0.2, 0) is 0 Å². The number of aromatic nitrogens is 2. The highest BCUT2D eigenvalue weighted by Gasteiger charge is 2.35. The second kappa shape index (κ2) is 5.57. The topological polar surface area (TPSA) is 61.0 Å². The Labute approximate surface area is 129 Å². The van der Waals surface area contributed by atoms with Crippen LogP contribution in [0.3, 0.4) is 0 Å². The molecule has 2 bridgehead atoms. The number of carbonyl (C=O) groups is 1. The van der Waals surface area contributed by atoms with Crippen molar-refractivity contribution in [2.45, 2.75) is 18.9 Å². The number of hydrogen-bond acceptors (Lipinski definition) is 3. The standard InChI is InChI=1S/C17H20N4O/c22-17(20-16-11-21-9-6-12(16)7-10-21)15-5-4-14(19-15)13-3-1-2-8-18-13/h1-5,8,12,16,19H,6-7,9-11H2,(H,20,22)/t16-/m0/s1. The smallest absolute Gasteiger partial charge is 0.267 e. The summed E-state index contributed by atoms with van der Waals surface area (Å²) in [5.41, 5.74) is 2.33. The maximum Gasteiger partial charge on any atom is 0.267 e. The van der Waals surface area contributed by atoms with E-state index >= 15 is 0 Å². The summed E-state index contributed by atoms with van der Waals surface area (Å²) in [4.78, 5) is 22.4. The molecular weight excluding hydrogens is 276 g/mol. The van der Waals surface area contributed by atoms with Crippen molar-refractivity contribution >= 4 is 5.91 Å². The molecule has 22 heavy (non-hydrogen) atoms. The van der Waals surface area contributed by atoms with Gasteiger partial charge in [0, 0.05) is 18.8 Å². The van der Waals surface area contributed by atoms with E-state index in [2.05, 4.69) is 20.2 Å². The minimum Gasteiger partial charge on any atom is -0.349 e. The van der Waals surface area contributed by atoms with Crippen molar-refractivity contribution < 1.29 is 4.79 Å². The number of rotatable bonds is 3. The van der Waals surface area contributed by atoms with Crippen molar-refractivity contribution in [3.8, 4) is 11.4 Å². The van der Waals surface area contributed by atoms with E-state index in [-0.39, 0.29) is 11.9 Å². The Bertz CT molecular complexity index is 658. The van der Waals surface area contributed by atoms with Crippen molar-refractivity contribution in [3.63, 3.8) is 0 Å². The lowest BCUT2D eigenvalue weighted by Gasteiger charge is -2.44. The van der Waals surface area contributed by atoms with Gasteiger partial charge in [0.05, 0.1) is 11.4 Å². The zero-order valence-electron chi connectivity index (χ0n) is 12.5. The molecule has 0 radical (unpaired) electrons. The van der Waals surface area contributed by atoms with Gasteiger partial charge in [-0.1, -0.05) is 6.07 Å². The third-order valence-electron chi connectivity index (χ3n) is 4.84. The van der Waals surface area contributed by atoms with E-state index in [1.807, 2.05) is 30.3 Å². The van der Waals surface area contributed by atoms with E-state index in [1.165, 1.54) is 25.9 Å². The fourth-order valence-corrected chi connectivity index (χ4v) is 3.57. The second-order valence-corrected chi connectivity index (χ2v) is 6.22. The van der Waals surface area contributed by atoms with Crippen LogP contribution in [-0.4, -0.2) is 46.5 Å². The first kappa shape index (κ1) is 13.5. The van der Waals surface area contributed by atoms with Gasteiger partial charge in [0.1, 0.15) is 5.69 Å². The first-order valence-electron chi connectivity index (χ1n) is 7.93. The summed E-state index contributed by atoms with van der Waals surface area (Å²) in [5.74, 6) is 0.625. The summed E-state index contributed by atoms with van der Waals surface area (Å²) in [5, 5.41) is 3.20. The van der Waals surface area contributed by atoms with Crippen molar-refractivity contribution in [3.05, 3.63) is 42.2 Å². The summed E-state index contributed by atoms with van der Waals surface area (Å²) >= 11 is 0. The van der Waals surface area contributed by atoms with Gasteiger partial charge < -0.3 is 15.2 Å². The average molecular weight is 296 g/mol. The summed E-state index contributed by atoms with van der Waals surface area (Å²) in [6.45, 7) is 3.36. The van der Waals surface area contributed by atoms with Crippen molar-refractivity contribution in [1.29, 1.82) is 0 Å². The minimum absolute atomic E-state index is 0.0130. The number of amides is 1. The Hall–Kier alpha value is -2.14. The lowest BCUT2D eigenvalue weighted by atomic mass is 9.84. The SMILES string of the molecule is O=C(N[C@H]1CN2CCC1CC2)c1ccc(-c2ccccn2)[nH]1. The number of aromatic amines is 1. The van der Waals surface area contributed by atoms with Crippen molar-refractivity contribution in [2.24, 2.45) is 5.92 Å². The van der Waals surface area contributed by atoms with Crippen LogP contribution in [0.2, 0.25) is 0 Å². The van der Waals surface area contributed by atoms with E-state index in [4.69, 9.17) is 0 Å². The van der Waals surface area contributed by atoms with Crippen LogP contribution in [0.15, 0.2) is 36.5 Å². The first-order chi connectivity index (χ1) is 10.8. The van der Waals surface area contributed by atoms with E-state index in [9.17, 15) is 4.79 Å². The average Bonchev–Trinajstić information content (AvgIpc) is 3.07. The largest absolute Gasteiger partial charge is 0.349 e. The third-order valence-corrected chi connectivity index (χ3v) is 4.84. The molecule has 5 nitrogen and oxygen atoms in total. The van der Waals surface area contributed by atoms with Gasteiger partial charge in [-0.15, -0.1) is 0 Å². The lowest BCUT2D eigenvalue weighted by molar-refractivity contribution is 0.0618. The number of piperidine rings is 3. The molecule has 2 N–H and O–H groups in total. The highest BCUT2D eigenvalue weighted by atomic mass is 16.2. The summed E-state index contributed by atoms with van der Waals surface area (Å²) in [7, 11) is 0. The van der Waals surface area contributed by atoms with E-state index in [0.29, 0.717) is 11.6 Å². The molecule has 1 atom stereocenters. The van der Waals surface area contributed by atoms with Crippen LogP contribution in [0.4, 0.5) is 0 Å². The monoisotopic (exact) mass is 296 g/mol. The predicted molar refractivity (Wildman–Crippen MR) is 84.4 cm³/mol. The van der Waals surface area contributed by atoms with E-state index in [1.54, 1.807) is 6.20 Å². The van der Waals surface area contributed by atoms with Gasteiger partial charge in [-0.3, -0.25) is 9.78 Å². The number of hydrogen-bond donors (Lipinski definition) is 2.